The third-order valence-electron chi connectivity index (χ3n) is 6.75. The van der Waals surface area contributed by atoms with Crippen molar-refractivity contribution in [2.45, 2.75) is 65.9 Å². The monoisotopic (exact) mass is 277 g/mol. The summed E-state index contributed by atoms with van der Waals surface area (Å²) in [4.78, 5) is 2.31. The predicted molar refractivity (Wildman–Crippen MR) is 84.4 cm³/mol. The molecule has 0 aromatic heterocycles. The minimum Gasteiger partial charge on any atom is -0.388 e. The minimum atomic E-state index is -0.574. The van der Waals surface area contributed by atoms with Crippen LogP contribution in [-0.4, -0.2) is 35.2 Å². The first kappa shape index (κ1) is 15.9. The quantitative estimate of drug-likeness (QED) is 0.797. The highest BCUT2D eigenvalue weighted by molar-refractivity contribution is 5.21. The Morgan fingerprint density at radius 3 is 2.25 bits per heavy atom. The number of aliphatic hydroxyl groups is 1. The lowest BCUT2D eigenvalue weighted by molar-refractivity contribution is -0.0852. The Bertz CT molecular complexity index is 415. The zero-order chi connectivity index (χ0) is 15.0. The fraction of sp³-hybridized carbons (Fsp3) is 0.889. The molecule has 114 valence electrons. The topological polar surface area (TPSA) is 23.5 Å². The Hall–Kier alpha value is -0.520. The molecule has 2 heteroatoms. The highest BCUT2D eigenvalue weighted by Gasteiger charge is 2.67. The summed E-state index contributed by atoms with van der Waals surface area (Å²) in [6.45, 7) is 14.2. The molecular weight excluding hydrogens is 246 g/mol. The van der Waals surface area contributed by atoms with Gasteiger partial charge in [-0.25, -0.2) is 0 Å². The average molecular weight is 277 g/mol. The van der Waals surface area contributed by atoms with Gasteiger partial charge in [0.1, 0.15) is 0 Å². The third kappa shape index (κ3) is 2.20. The summed E-state index contributed by atoms with van der Waals surface area (Å²) in [6, 6.07) is 0. The van der Waals surface area contributed by atoms with Crippen LogP contribution >= 0.6 is 0 Å². The molecule has 0 aromatic carbocycles. The maximum absolute atomic E-state index is 11.1. The van der Waals surface area contributed by atoms with Gasteiger partial charge in [-0.15, -0.1) is 0 Å². The first-order valence-electron chi connectivity index (χ1n) is 8.21. The van der Waals surface area contributed by atoms with Gasteiger partial charge in [0, 0.05) is 11.8 Å². The fourth-order valence-corrected chi connectivity index (χ4v) is 4.51. The smallest absolute Gasteiger partial charge is 0.0817 e. The van der Waals surface area contributed by atoms with Crippen LogP contribution in [0.1, 0.15) is 60.3 Å². The van der Waals surface area contributed by atoms with E-state index in [9.17, 15) is 5.11 Å². The van der Waals surface area contributed by atoms with Crippen LogP contribution in [0.2, 0.25) is 0 Å². The number of rotatable bonds is 4. The van der Waals surface area contributed by atoms with E-state index in [1.807, 2.05) is 0 Å². The Morgan fingerprint density at radius 2 is 1.80 bits per heavy atom. The molecule has 2 fully saturated rings. The highest BCUT2D eigenvalue weighted by Crippen LogP contribution is 2.70. The third-order valence-corrected chi connectivity index (χ3v) is 6.75. The Kier molecular flexibility index (Phi) is 4.24. The van der Waals surface area contributed by atoms with Crippen molar-refractivity contribution in [3.05, 3.63) is 0 Å². The molecule has 0 saturated heterocycles. The fourth-order valence-electron chi connectivity index (χ4n) is 4.51. The van der Waals surface area contributed by atoms with Crippen molar-refractivity contribution < 1.29 is 5.11 Å². The van der Waals surface area contributed by atoms with Crippen LogP contribution in [0.3, 0.4) is 0 Å². The van der Waals surface area contributed by atoms with Gasteiger partial charge in [0.15, 0.2) is 0 Å². The predicted octanol–water partition coefficient (Wildman–Crippen LogP) is 3.30. The lowest BCUT2D eigenvalue weighted by atomic mass is 9.63. The Morgan fingerprint density at radius 1 is 1.15 bits per heavy atom. The van der Waals surface area contributed by atoms with Crippen molar-refractivity contribution >= 4 is 0 Å². The molecule has 3 atom stereocenters. The maximum atomic E-state index is 11.1. The molecule has 0 heterocycles. The van der Waals surface area contributed by atoms with Gasteiger partial charge in [0.2, 0.25) is 0 Å². The molecule has 2 nitrogen and oxygen atoms in total. The second kappa shape index (κ2) is 5.35. The van der Waals surface area contributed by atoms with Gasteiger partial charge in [-0.3, -0.25) is 4.90 Å². The molecule has 2 rings (SSSR count). The molecule has 20 heavy (non-hydrogen) atoms. The molecule has 0 aromatic rings. The van der Waals surface area contributed by atoms with Crippen LogP contribution in [0.4, 0.5) is 0 Å². The molecule has 0 aliphatic heterocycles. The highest BCUT2D eigenvalue weighted by atomic mass is 16.3. The van der Waals surface area contributed by atoms with Crippen molar-refractivity contribution in [3.63, 3.8) is 0 Å². The first-order chi connectivity index (χ1) is 9.30. The lowest BCUT2D eigenvalue weighted by Crippen LogP contribution is -2.46. The van der Waals surface area contributed by atoms with E-state index < -0.39 is 5.60 Å². The van der Waals surface area contributed by atoms with Crippen LogP contribution in [0.5, 0.6) is 0 Å². The summed E-state index contributed by atoms with van der Waals surface area (Å²) in [6.07, 6.45) is 4.01. The van der Waals surface area contributed by atoms with Crippen molar-refractivity contribution in [1.29, 1.82) is 0 Å². The van der Waals surface area contributed by atoms with Gasteiger partial charge < -0.3 is 5.11 Å². The summed E-state index contributed by atoms with van der Waals surface area (Å²) < 4.78 is 0. The molecule has 0 spiro atoms. The molecule has 0 radical (unpaired) electrons. The zero-order valence-electron chi connectivity index (χ0n) is 13.9. The zero-order valence-corrected chi connectivity index (χ0v) is 13.9. The van der Waals surface area contributed by atoms with E-state index in [4.69, 9.17) is 0 Å². The summed E-state index contributed by atoms with van der Waals surface area (Å²) >= 11 is 0. The van der Waals surface area contributed by atoms with Crippen molar-refractivity contribution in [2.75, 3.05) is 19.6 Å². The second-order valence-electron chi connectivity index (χ2n) is 7.52. The van der Waals surface area contributed by atoms with E-state index in [0.717, 1.165) is 32.5 Å². The molecule has 2 saturated carbocycles. The van der Waals surface area contributed by atoms with Crippen LogP contribution in [-0.2, 0) is 0 Å². The van der Waals surface area contributed by atoms with Gasteiger partial charge >= 0.3 is 0 Å². The minimum absolute atomic E-state index is 0.0363. The summed E-state index contributed by atoms with van der Waals surface area (Å²) in [5, 5.41) is 11.1. The maximum Gasteiger partial charge on any atom is 0.0817 e. The normalized spacial score (nSPS) is 38.0. The van der Waals surface area contributed by atoms with Gasteiger partial charge in [0.05, 0.1) is 12.1 Å². The second-order valence-corrected chi connectivity index (χ2v) is 7.52. The summed E-state index contributed by atoms with van der Waals surface area (Å²) in [5.74, 6) is 7.20. The molecule has 2 bridgehead atoms. The molecule has 1 N–H and O–H groups in total. The lowest BCUT2D eigenvalue weighted by Gasteiger charge is -2.44. The molecule has 3 unspecified atom stereocenters. The van der Waals surface area contributed by atoms with Crippen molar-refractivity contribution in [3.8, 4) is 11.8 Å². The summed E-state index contributed by atoms with van der Waals surface area (Å²) in [5.41, 5.74) is -0.285. The van der Waals surface area contributed by atoms with Crippen LogP contribution in [0, 0.1) is 28.6 Å². The Labute approximate surface area is 124 Å². The van der Waals surface area contributed by atoms with E-state index in [1.165, 1.54) is 6.42 Å². The van der Waals surface area contributed by atoms with Crippen LogP contribution in [0.15, 0.2) is 0 Å². The first-order valence-corrected chi connectivity index (χ1v) is 8.21. The van der Waals surface area contributed by atoms with E-state index in [0.29, 0.717) is 12.3 Å². The van der Waals surface area contributed by atoms with E-state index >= 15 is 0 Å². The van der Waals surface area contributed by atoms with Crippen molar-refractivity contribution in [2.24, 2.45) is 16.7 Å². The van der Waals surface area contributed by atoms with Gasteiger partial charge in [-0.2, -0.15) is 0 Å². The van der Waals surface area contributed by atoms with Crippen LogP contribution < -0.4 is 0 Å². The number of hydrogen-bond donors (Lipinski definition) is 1. The largest absolute Gasteiger partial charge is 0.388 e. The average Bonchev–Trinajstić information content (AvgIpc) is 2.71. The Balaban J connectivity index is 2.02. The van der Waals surface area contributed by atoms with Gasteiger partial charge in [-0.1, -0.05) is 46.5 Å². The summed E-state index contributed by atoms with van der Waals surface area (Å²) in [7, 11) is 0. The van der Waals surface area contributed by atoms with Crippen LogP contribution in [0.25, 0.3) is 0 Å². The van der Waals surface area contributed by atoms with Crippen molar-refractivity contribution in [1.82, 2.24) is 4.90 Å². The van der Waals surface area contributed by atoms with Gasteiger partial charge in [0.25, 0.3) is 0 Å². The van der Waals surface area contributed by atoms with E-state index in [-0.39, 0.29) is 10.8 Å². The van der Waals surface area contributed by atoms with E-state index in [1.54, 1.807) is 0 Å². The number of fused-ring (bicyclic) bond motifs is 2. The number of hydrogen-bond acceptors (Lipinski definition) is 2. The molecular formula is C18H31NO. The standard InChI is InChI=1S/C18H31NO/c1-6-19(7-2)13-9-8-11-18(20)14-15-10-12-17(18,5)16(15,3)4/h15,20H,6-7,10-14H2,1-5H3. The number of nitrogens with zero attached hydrogens (tertiary/aromatic N) is 1. The molecule has 2 aliphatic rings. The SMILES string of the molecule is CCN(CC)CC#CCC1(O)CC2CCC1(C)C2(C)C. The van der Waals surface area contributed by atoms with Gasteiger partial charge in [-0.05, 0) is 43.7 Å². The molecule has 2 aliphatic carbocycles. The molecule has 0 amide bonds. The van der Waals surface area contributed by atoms with E-state index in [2.05, 4.69) is 51.4 Å².